The van der Waals surface area contributed by atoms with Gasteiger partial charge in [0.2, 0.25) is 0 Å². The van der Waals surface area contributed by atoms with E-state index in [1.54, 1.807) is 18.2 Å². The van der Waals surface area contributed by atoms with Crippen molar-refractivity contribution in [2.75, 3.05) is 5.32 Å². The summed E-state index contributed by atoms with van der Waals surface area (Å²) in [6.07, 6.45) is 0. The van der Waals surface area contributed by atoms with Gasteiger partial charge in [0, 0.05) is 6.07 Å². The topological polar surface area (TPSA) is 82.4 Å². The van der Waals surface area contributed by atoms with Crippen LogP contribution in [0.4, 0.5) is 11.4 Å². The van der Waals surface area contributed by atoms with Gasteiger partial charge in [-0.15, -0.1) is 0 Å². The molecule has 0 fully saturated rings. The van der Waals surface area contributed by atoms with Crippen LogP contribution in [0.1, 0.15) is 15.9 Å². The second-order valence-corrected chi connectivity index (χ2v) is 6.70. The molecule has 0 saturated carbocycles. The number of carboxylic acids is 1. The van der Waals surface area contributed by atoms with Crippen molar-refractivity contribution in [3.63, 3.8) is 0 Å². The van der Waals surface area contributed by atoms with Gasteiger partial charge in [0.1, 0.15) is 0 Å². The minimum atomic E-state index is -1.15. The van der Waals surface area contributed by atoms with E-state index in [0.717, 1.165) is 11.1 Å². The van der Waals surface area contributed by atoms with Crippen molar-refractivity contribution in [3.8, 4) is 28.7 Å². The predicted molar refractivity (Wildman–Crippen MR) is 103 cm³/mol. The van der Waals surface area contributed by atoms with Crippen molar-refractivity contribution < 1.29 is 14.6 Å². The Morgan fingerprint density at radius 3 is 2.44 bits per heavy atom. The molecule has 27 heavy (non-hydrogen) atoms. The van der Waals surface area contributed by atoms with E-state index in [-0.39, 0.29) is 11.1 Å². The van der Waals surface area contributed by atoms with Gasteiger partial charge in [0.05, 0.1) is 38.6 Å². The van der Waals surface area contributed by atoms with Crippen molar-refractivity contribution in [3.05, 3.63) is 69.7 Å². The number of hydrogen-bond donors (Lipinski definition) is 2. The standard InChI is InChI=1S/C20H10Cl2N2O3/c21-14-3-1-11(7-15(14)22)12-2-4-17-16(8-12)24-19-13(20(25)26)5-10(9-23)6-18(19)27-17/h1-8,24H,(H,25,26). The molecule has 132 valence electrons. The molecule has 0 unspecified atom stereocenters. The van der Waals surface area contributed by atoms with Crippen LogP contribution in [0.25, 0.3) is 11.1 Å². The van der Waals surface area contributed by atoms with E-state index in [1.165, 1.54) is 12.1 Å². The van der Waals surface area contributed by atoms with Gasteiger partial charge in [0.25, 0.3) is 0 Å². The summed E-state index contributed by atoms with van der Waals surface area (Å²) in [4.78, 5) is 11.6. The predicted octanol–water partition coefficient (Wildman–Crippen LogP) is 6.08. The first-order valence-electron chi connectivity index (χ1n) is 7.82. The zero-order valence-electron chi connectivity index (χ0n) is 13.6. The summed E-state index contributed by atoms with van der Waals surface area (Å²) in [6.45, 7) is 0. The molecule has 3 aromatic rings. The van der Waals surface area contributed by atoms with Crippen LogP contribution in [0.3, 0.4) is 0 Å². The number of halogens is 2. The molecule has 3 aromatic carbocycles. The van der Waals surface area contributed by atoms with Gasteiger partial charge < -0.3 is 15.2 Å². The van der Waals surface area contributed by atoms with Gasteiger partial charge >= 0.3 is 5.97 Å². The van der Waals surface area contributed by atoms with Gasteiger partial charge in [-0.2, -0.15) is 5.26 Å². The van der Waals surface area contributed by atoms with Crippen LogP contribution < -0.4 is 10.1 Å². The average Bonchev–Trinajstić information content (AvgIpc) is 2.67. The number of fused-ring (bicyclic) bond motifs is 2. The molecular formula is C20H10Cl2N2O3. The molecule has 1 heterocycles. The largest absolute Gasteiger partial charge is 0.478 e. The summed E-state index contributed by atoms with van der Waals surface area (Å²) < 4.78 is 5.82. The van der Waals surface area contributed by atoms with E-state index in [4.69, 9.17) is 33.2 Å². The highest BCUT2D eigenvalue weighted by Gasteiger charge is 2.24. The Labute approximate surface area is 164 Å². The van der Waals surface area contributed by atoms with E-state index < -0.39 is 5.97 Å². The Bertz CT molecular complexity index is 1150. The Balaban J connectivity index is 1.79. The second kappa shape index (κ2) is 6.51. The maximum Gasteiger partial charge on any atom is 0.338 e. The number of carboxylic acid groups (broad SMARTS) is 1. The SMILES string of the molecule is N#Cc1cc2c(c(C(=O)O)c1)Nc1cc(-c3ccc(Cl)c(Cl)c3)ccc1O2. The first-order valence-corrected chi connectivity index (χ1v) is 8.57. The summed E-state index contributed by atoms with van der Waals surface area (Å²) in [5.74, 6) is -0.331. The van der Waals surface area contributed by atoms with Crippen LogP contribution in [-0.2, 0) is 0 Å². The van der Waals surface area contributed by atoms with Crippen LogP contribution in [0, 0.1) is 11.3 Å². The molecule has 0 atom stereocenters. The molecule has 1 aliphatic heterocycles. The number of benzene rings is 3. The fraction of sp³-hybridized carbons (Fsp3) is 0. The summed E-state index contributed by atoms with van der Waals surface area (Å²) in [5, 5.41) is 22.6. The molecule has 0 bridgehead atoms. The lowest BCUT2D eigenvalue weighted by atomic mass is 10.0. The maximum atomic E-state index is 11.6. The highest BCUT2D eigenvalue weighted by atomic mass is 35.5. The first kappa shape index (κ1) is 17.2. The first-order chi connectivity index (χ1) is 13.0. The number of aromatic carboxylic acids is 1. The van der Waals surface area contributed by atoms with Crippen molar-refractivity contribution in [2.24, 2.45) is 0 Å². The molecule has 5 nitrogen and oxygen atoms in total. The smallest absolute Gasteiger partial charge is 0.338 e. The monoisotopic (exact) mass is 396 g/mol. The highest BCUT2D eigenvalue weighted by molar-refractivity contribution is 6.42. The molecule has 0 aliphatic carbocycles. The van der Waals surface area contributed by atoms with Crippen LogP contribution in [0.5, 0.6) is 11.5 Å². The van der Waals surface area contributed by atoms with Gasteiger partial charge in [-0.05, 0) is 41.5 Å². The van der Waals surface area contributed by atoms with Crippen molar-refractivity contribution in [1.82, 2.24) is 0 Å². The van der Waals surface area contributed by atoms with Gasteiger partial charge in [-0.1, -0.05) is 35.3 Å². The lowest BCUT2D eigenvalue weighted by Crippen LogP contribution is -2.09. The number of carbonyl (C=O) groups is 1. The molecule has 0 radical (unpaired) electrons. The van der Waals surface area contributed by atoms with Gasteiger partial charge in [-0.25, -0.2) is 4.79 Å². The number of anilines is 2. The molecular weight excluding hydrogens is 387 g/mol. The zero-order valence-corrected chi connectivity index (χ0v) is 15.1. The third-order valence-corrected chi connectivity index (χ3v) is 4.91. The lowest BCUT2D eigenvalue weighted by molar-refractivity contribution is 0.0697. The minimum Gasteiger partial charge on any atom is -0.478 e. The van der Waals surface area contributed by atoms with Crippen LogP contribution in [-0.4, -0.2) is 11.1 Å². The third kappa shape index (κ3) is 3.06. The van der Waals surface area contributed by atoms with E-state index in [1.807, 2.05) is 24.3 Å². The fourth-order valence-corrected chi connectivity index (χ4v) is 3.18. The molecule has 0 spiro atoms. The van der Waals surface area contributed by atoms with Crippen LogP contribution >= 0.6 is 23.2 Å². The van der Waals surface area contributed by atoms with Crippen LogP contribution in [0.2, 0.25) is 10.0 Å². The van der Waals surface area contributed by atoms with E-state index in [0.29, 0.717) is 32.9 Å². The van der Waals surface area contributed by atoms with Crippen LogP contribution in [0.15, 0.2) is 48.5 Å². The summed E-state index contributed by atoms with van der Waals surface area (Å²) in [6, 6.07) is 15.5. The normalized spacial score (nSPS) is 11.4. The van der Waals surface area contributed by atoms with E-state index in [9.17, 15) is 9.90 Å². The number of nitriles is 1. The van der Waals surface area contributed by atoms with Gasteiger partial charge in [-0.3, -0.25) is 0 Å². The highest BCUT2D eigenvalue weighted by Crippen LogP contribution is 2.45. The maximum absolute atomic E-state index is 11.6. The van der Waals surface area contributed by atoms with Crippen molar-refractivity contribution in [1.29, 1.82) is 5.26 Å². The Morgan fingerprint density at radius 2 is 1.74 bits per heavy atom. The Kier molecular flexibility index (Phi) is 4.15. The summed E-state index contributed by atoms with van der Waals surface area (Å²) in [7, 11) is 0. The number of rotatable bonds is 2. The Hall–Kier alpha value is -3.20. The average molecular weight is 397 g/mol. The molecule has 4 rings (SSSR count). The van der Waals surface area contributed by atoms with E-state index in [2.05, 4.69) is 5.32 Å². The molecule has 7 heteroatoms. The van der Waals surface area contributed by atoms with Gasteiger partial charge in [0.15, 0.2) is 11.5 Å². The summed E-state index contributed by atoms with van der Waals surface area (Å²) >= 11 is 12.1. The fourth-order valence-electron chi connectivity index (χ4n) is 2.88. The number of nitrogens with one attached hydrogen (secondary N) is 1. The third-order valence-electron chi connectivity index (χ3n) is 4.17. The number of nitrogens with zero attached hydrogens (tertiary/aromatic N) is 1. The molecule has 0 amide bonds. The van der Waals surface area contributed by atoms with Crippen molar-refractivity contribution in [2.45, 2.75) is 0 Å². The summed E-state index contributed by atoms with van der Waals surface area (Å²) in [5.41, 5.74) is 2.81. The molecule has 0 saturated heterocycles. The molecule has 2 N–H and O–H groups in total. The molecule has 0 aromatic heterocycles. The molecule has 1 aliphatic rings. The van der Waals surface area contributed by atoms with Crippen molar-refractivity contribution >= 4 is 40.5 Å². The minimum absolute atomic E-state index is 0.0327. The quantitative estimate of drug-likeness (QED) is 0.428. The zero-order chi connectivity index (χ0) is 19.1. The van der Waals surface area contributed by atoms with E-state index >= 15 is 0 Å². The lowest BCUT2D eigenvalue weighted by Gasteiger charge is -2.24. The Morgan fingerprint density at radius 1 is 1.00 bits per heavy atom. The second-order valence-electron chi connectivity index (χ2n) is 5.88. The number of ether oxygens (including phenoxy) is 1. The number of hydrogen-bond acceptors (Lipinski definition) is 4.